The van der Waals surface area contributed by atoms with E-state index < -0.39 is 0 Å². The van der Waals surface area contributed by atoms with E-state index in [9.17, 15) is 4.79 Å². The first-order chi connectivity index (χ1) is 9.10. The van der Waals surface area contributed by atoms with Crippen molar-refractivity contribution in [3.05, 3.63) is 47.3 Å². The third kappa shape index (κ3) is 3.22. The molecule has 1 atom stereocenters. The molecule has 0 fully saturated rings. The molecule has 0 aliphatic heterocycles. The summed E-state index contributed by atoms with van der Waals surface area (Å²) in [5.41, 5.74) is 2.33. The number of aryl methyl sites for hydroxylation is 1. The van der Waals surface area contributed by atoms with E-state index in [2.05, 4.69) is 24.3 Å². The predicted octanol–water partition coefficient (Wildman–Crippen LogP) is 3.75. The van der Waals surface area contributed by atoms with E-state index in [4.69, 9.17) is 4.52 Å². The Hall–Kier alpha value is -2.10. The largest absolute Gasteiger partial charge is 0.361 e. The first-order valence-electron chi connectivity index (χ1n) is 6.44. The maximum atomic E-state index is 11.9. The van der Waals surface area contributed by atoms with Gasteiger partial charge in [0.05, 0.1) is 0 Å². The Morgan fingerprint density at radius 3 is 2.58 bits per heavy atom. The second-order valence-corrected chi connectivity index (χ2v) is 4.71. The van der Waals surface area contributed by atoms with Gasteiger partial charge in [-0.05, 0) is 37.0 Å². The molecular weight excluding hydrogens is 240 g/mol. The van der Waals surface area contributed by atoms with Gasteiger partial charge < -0.3 is 9.84 Å². The quantitative estimate of drug-likeness (QED) is 0.908. The van der Waals surface area contributed by atoms with Crippen LogP contribution in [0.4, 0.5) is 5.69 Å². The Balaban J connectivity index is 2.05. The zero-order chi connectivity index (χ0) is 13.8. The molecule has 4 nitrogen and oxygen atoms in total. The summed E-state index contributed by atoms with van der Waals surface area (Å²) in [4.78, 5) is 11.9. The fraction of sp³-hybridized carbons (Fsp3) is 0.333. The molecule has 19 heavy (non-hydrogen) atoms. The van der Waals surface area contributed by atoms with E-state index in [1.165, 1.54) is 5.56 Å². The van der Waals surface area contributed by atoms with Crippen LogP contribution in [0.3, 0.4) is 0 Å². The van der Waals surface area contributed by atoms with Crippen molar-refractivity contribution in [1.82, 2.24) is 5.16 Å². The van der Waals surface area contributed by atoms with Crippen molar-refractivity contribution < 1.29 is 9.32 Å². The molecule has 1 aromatic carbocycles. The number of nitrogens with one attached hydrogen (secondary N) is 1. The van der Waals surface area contributed by atoms with Crippen LogP contribution >= 0.6 is 0 Å². The zero-order valence-corrected chi connectivity index (χ0v) is 11.4. The van der Waals surface area contributed by atoms with Crippen LogP contribution in [-0.4, -0.2) is 11.1 Å². The molecule has 100 valence electrons. The van der Waals surface area contributed by atoms with E-state index in [0.29, 0.717) is 17.4 Å². The summed E-state index contributed by atoms with van der Waals surface area (Å²) in [5.74, 6) is 0.897. The molecule has 0 aliphatic carbocycles. The minimum atomic E-state index is -0.256. The number of hydrogen-bond donors (Lipinski definition) is 1. The van der Waals surface area contributed by atoms with Crippen LogP contribution in [0.1, 0.15) is 48.0 Å². The molecule has 0 bridgehead atoms. The molecule has 0 radical (unpaired) electrons. The number of hydrogen-bond acceptors (Lipinski definition) is 3. The first kappa shape index (κ1) is 13.3. The third-order valence-electron chi connectivity index (χ3n) is 3.21. The van der Waals surface area contributed by atoms with Crippen LogP contribution < -0.4 is 5.32 Å². The van der Waals surface area contributed by atoms with Gasteiger partial charge in [0.15, 0.2) is 5.69 Å². The van der Waals surface area contributed by atoms with Gasteiger partial charge in [-0.15, -0.1) is 0 Å². The fourth-order valence-electron chi connectivity index (χ4n) is 1.80. The topological polar surface area (TPSA) is 55.1 Å². The Bertz CT molecular complexity index is 558. The van der Waals surface area contributed by atoms with Crippen LogP contribution in [-0.2, 0) is 0 Å². The minimum absolute atomic E-state index is 0.256. The standard InChI is InChI=1S/C15H18N2O2/c1-4-10(2)12-5-7-13(8-6-12)16-15(18)14-9-11(3)19-17-14/h5-10H,4H2,1-3H3,(H,16,18)/t10-/m1/s1. The summed E-state index contributed by atoms with van der Waals surface area (Å²) in [6.45, 7) is 6.10. The molecule has 1 aromatic heterocycles. The van der Waals surface area contributed by atoms with Crippen LogP contribution in [0, 0.1) is 6.92 Å². The molecule has 0 saturated carbocycles. The zero-order valence-electron chi connectivity index (χ0n) is 11.4. The number of carbonyl (C=O) groups excluding carboxylic acids is 1. The summed E-state index contributed by atoms with van der Waals surface area (Å²) in [7, 11) is 0. The normalized spacial score (nSPS) is 12.2. The van der Waals surface area contributed by atoms with Crippen LogP contribution in [0.15, 0.2) is 34.9 Å². The number of aromatic nitrogens is 1. The van der Waals surface area contributed by atoms with E-state index in [1.807, 2.05) is 24.3 Å². The van der Waals surface area contributed by atoms with Crippen molar-refractivity contribution in [2.45, 2.75) is 33.1 Å². The highest BCUT2D eigenvalue weighted by atomic mass is 16.5. The summed E-state index contributed by atoms with van der Waals surface area (Å²) in [6.07, 6.45) is 1.10. The van der Waals surface area contributed by atoms with Crippen molar-refractivity contribution in [3.8, 4) is 0 Å². The lowest BCUT2D eigenvalue weighted by Crippen LogP contribution is -2.12. The number of amides is 1. The lowest BCUT2D eigenvalue weighted by molar-refractivity contribution is 0.101. The summed E-state index contributed by atoms with van der Waals surface area (Å²) in [6, 6.07) is 9.51. The lowest BCUT2D eigenvalue weighted by Gasteiger charge is -2.10. The van der Waals surface area contributed by atoms with Crippen LogP contribution in [0.25, 0.3) is 0 Å². The molecule has 2 rings (SSSR count). The molecule has 0 aliphatic rings. The van der Waals surface area contributed by atoms with Crippen molar-refractivity contribution in [1.29, 1.82) is 0 Å². The van der Waals surface area contributed by atoms with E-state index in [1.54, 1.807) is 13.0 Å². The molecule has 2 aromatic rings. The molecule has 1 N–H and O–H groups in total. The van der Waals surface area contributed by atoms with Gasteiger partial charge in [0.2, 0.25) is 0 Å². The monoisotopic (exact) mass is 258 g/mol. The van der Waals surface area contributed by atoms with Crippen LogP contribution in [0.2, 0.25) is 0 Å². The van der Waals surface area contributed by atoms with Gasteiger partial charge in [-0.1, -0.05) is 31.1 Å². The molecule has 1 heterocycles. The fourth-order valence-corrected chi connectivity index (χ4v) is 1.80. The maximum absolute atomic E-state index is 11.9. The smallest absolute Gasteiger partial charge is 0.277 e. The molecular formula is C15H18N2O2. The van der Waals surface area contributed by atoms with Gasteiger partial charge in [-0.2, -0.15) is 0 Å². The van der Waals surface area contributed by atoms with Gasteiger partial charge in [-0.25, -0.2) is 0 Å². The number of nitrogens with zero attached hydrogens (tertiary/aromatic N) is 1. The number of anilines is 1. The number of carbonyl (C=O) groups is 1. The predicted molar refractivity (Wildman–Crippen MR) is 74.3 cm³/mol. The van der Waals surface area contributed by atoms with Gasteiger partial charge >= 0.3 is 0 Å². The SMILES string of the molecule is CC[C@@H](C)c1ccc(NC(=O)c2cc(C)on2)cc1. The average Bonchev–Trinajstić information content (AvgIpc) is 2.85. The number of rotatable bonds is 4. The van der Waals surface area contributed by atoms with Crippen molar-refractivity contribution in [2.24, 2.45) is 0 Å². The Morgan fingerprint density at radius 1 is 1.37 bits per heavy atom. The molecule has 4 heteroatoms. The molecule has 0 unspecified atom stereocenters. The first-order valence-corrected chi connectivity index (χ1v) is 6.44. The van der Waals surface area contributed by atoms with Gasteiger partial charge in [0.1, 0.15) is 5.76 Å². The van der Waals surface area contributed by atoms with Crippen LogP contribution in [0.5, 0.6) is 0 Å². The highest BCUT2D eigenvalue weighted by Crippen LogP contribution is 2.20. The second-order valence-electron chi connectivity index (χ2n) is 4.71. The molecule has 0 saturated heterocycles. The average molecular weight is 258 g/mol. The minimum Gasteiger partial charge on any atom is -0.361 e. The van der Waals surface area contributed by atoms with E-state index >= 15 is 0 Å². The van der Waals surface area contributed by atoms with Crippen molar-refractivity contribution in [2.75, 3.05) is 5.32 Å². The summed E-state index contributed by atoms with van der Waals surface area (Å²) >= 11 is 0. The third-order valence-corrected chi connectivity index (χ3v) is 3.21. The molecule has 0 spiro atoms. The summed E-state index contributed by atoms with van der Waals surface area (Å²) in [5, 5.41) is 6.48. The van der Waals surface area contributed by atoms with E-state index in [-0.39, 0.29) is 5.91 Å². The maximum Gasteiger partial charge on any atom is 0.277 e. The number of benzene rings is 1. The van der Waals surface area contributed by atoms with Gasteiger partial charge in [-0.3, -0.25) is 4.79 Å². The lowest BCUT2D eigenvalue weighted by atomic mass is 9.99. The summed E-state index contributed by atoms with van der Waals surface area (Å²) < 4.78 is 4.88. The van der Waals surface area contributed by atoms with Gasteiger partial charge in [0, 0.05) is 11.8 Å². The van der Waals surface area contributed by atoms with Crippen molar-refractivity contribution >= 4 is 11.6 Å². The van der Waals surface area contributed by atoms with Crippen molar-refractivity contribution in [3.63, 3.8) is 0 Å². The van der Waals surface area contributed by atoms with E-state index in [0.717, 1.165) is 12.1 Å². The highest BCUT2D eigenvalue weighted by molar-refractivity contribution is 6.02. The Kier molecular flexibility index (Phi) is 4.00. The highest BCUT2D eigenvalue weighted by Gasteiger charge is 2.11. The Labute approximate surface area is 112 Å². The van der Waals surface area contributed by atoms with Gasteiger partial charge in [0.25, 0.3) is 5.91 Å². The molecule has 1 amide bonds. The Morgan fingerprint density at radius 2 is 2.05 bits per heavy atom. The second kappa shape index (κ2) is 5.69.